The molecule has 0 spiro atoms. The van der Waals surface area contributed by atoms with Gasteiger partial charge in [0, 0.05) is 10.7 Å². The van der Waals surface area contributed by atoms with Gasteiger partial charge in [0.2, 0.25) is 0 Å². The summed E-state index contributed by atoms with van der Waals surface area (Å²) in [7, 11) is 0. The molecule has 4 rings (SSSR count). The Balaban J connectivity index is 1.73. The minimum absolute atomic E-state index is 0.315. The maximum absolute atomic E-state index is 13.2. The second-order valence-electron chi connectivity index (χ2n) is 6.61. The molecule has 0 saturated heterocycles. The van der Waals surface area contributed by atoms with Crippen LogP contribution in [0, 0.1) is 12.7 Å². The van der Waals surface area contributed by atoms with Gasteiger partial charge >= 0.3 is 0 Å². The zero-order valence-corrected chi connectivity index (χ0v) is 16.4. The molecule has 0 saturated carbocycles. The highest BCUT2D eigenvalue weighted by molar-refractivity contribution is 6.33. The SMILES string of the molecule is CC1=NN(c2cccc(Cl)c2)C(=O)/C1=C/c1c(C)[nH]n(-c2ccc(F)cc2)c1=O. The van der Waals surface area contributed by atoms with Gasteiger partial charge in [-0.15, -0.1) is 0 Å². The lowest BCUT2D eigenvalue weighted by molar-refractivity contribution is -0.114. The summed E-state index contributed by atoms with van der Waals surface area (Å²) in [6, 6.07) is 12.4. The zero-order chi connectivity index (χ0) is 20.7. The summed E-state index contributed by atoms with van der Waals surface area (Å²) >= 11 is 6.01. The first-order valence-corrected chi connectivity index (χ1v) is 9.18. The Kier molecular flexibility index (Phi) is 4.68. The number of nitrogens with one attached hydrogen (secondary N) is 1. The molecule has 1 aromatic heterocycles. The minimum atomic E-state index is -0.392. The third-order valence-electron chi connectivity index (χ3n) is 4.61. The molecule has 8 heteroatoms. The summed E-state index contributed by atoms with van der Waals surface area (Å²) in [5.41, 5.74) is 2.41. The Morgan fingerprint density at radius 1 is 1.07 bits per heavy atom. The van der Waals surface area contributed by atoms with Gasteiger partial charge in [-0.1, -0.05) is 17.7 Å². The van der Waals surface area contributed by atoms with E-state index in [-0.39, 0.29) is 11.5 Å². The van der Waals surface area contributed by atoms with Crippen LogP contribution in [0.3, 0.4) is 0 Å². The summed E-state index contributed by atoms with van der Waals surface area (Å²) in [6.07, 6.45) is 1.53. The van der Waals surface area contributed by atoms with Crippen LogP contribution >= 0.6 is 11.6 Å². The molecule has 1 aliphatic rings. The molecule has 2 heterocycles. The van der Waals surface area contributed by atoms with E-state index in [1.54, 1.807) is 38.1 Å². The third kappa shape index (κ3) is 3.40. The number of hydrazone groups is 1. The lowest BCUT2D eigenvalue weighted by Crippen LogP contribution is -2.22. The molecule has 6 nitrogen and oxygen atoms in total. The second-order valence-corrected chi connectivity index (χ2v) is 7.04. The predicted octanol–water partition coefficient (Wildman–Crippen LogP) is 4.07. The van der Waals surface area contributed by atoms with Gasteiger partial charge in [-0.3, -0.25) is 14.7 Å². The monoisotopic (exact) mass is 410 g/mol. The summed E-state index contributed by atoms with van der Waals surface area (Å²) in [4.78, 5) is 25.8. The molecule has 0 fully saturated rings. The van der Waals surface area contributed by atoms with Crippen molar-refractivity contribution in [3.8, 4) is 5.69 Å². The number of H-pyrrole nitrogens is 1. The number of carbonyl (C=O) groups is 1. The maximum Gasteiger partial charge on any atom is 0.280 e. The van der Waals surface area contributed by atoms with E-state index in [1.165, 1.54) is 40.0 Å². The van der Waals surface area contributed by atoms with Crippen LogP contribution in [0.25, 0.3) is 11.8 Å². The molecule has 0 unspecified atom stereocenters. The first-order chi connectivity index (χ1) is 13.8. The van der Waals surface area contributed by atoms with Crippen molar-refractivity contribution >= 4 is 35.0 Å². The van der Waals surface area contributed by atoms with Crippen molar-refractivity contribution in [2.24, 2.45) is 5.10 Å². The van der Waals surface area contributed by atoms with Gasteiger partial charge in [-0.2, -0.15) is 10.1 Å². The molecule has 1 N–H and O–H groups in total. The molecular weight excluding hydrogens is 395 g/mol. The topological polar surface area (TPSA) is 70.5 Å². The number of aromatic nitrogens is 2. The molecule has 146 valence electrons. The van der Waals surface area contributed by atoms with Crippen molar-refractivity contribution in [2.45, 2.75) is 13.8 Å². The molecule has 0 atom stereocenters. The molecule has 0 radical (unpaired) electrons. The molecule has 3 aromatic rings. The highest BCUT2D eigenvalue weighted by Crippen LogP contribution is 2.27. The largest absolute Gasteiger partial charge is 0.295 e. The molecule has 2 aromatic carbocycles. The van der Waals surface area contributed by atoms with Crippen molar-refractivity contribution < 1.29 is 9.18 Å². The van der Waals surface area contributed by atoms with Crippen molar-refractivity contribution in [3.05, 3.63) is 86.6 Å². The number of halogens is 2. The minimum Gasteiger partial charge on any atom is -0.295 e. The van der Waals surface area contributed by atoms with Crippen LogP contribution in [0.1, 0.15) is 18.2 Å². The fourth-order valence-electron chi connectivity index (χ4n) is 3.11. The van der Waals surface area contributed by atoms with Crippen molar-refractivity contribution in [1.82, 2.24) is 9.78 Å². The van der Waals surface area contributed by atoms with Gasteiger partial charge < -0.3 is 0 Å². The number of aromatic amines is 1. The van der Waals surface area contributed by atoms with Gasteiger partial charge in [-0.25, -0.2) is 9.07 Å². The maximum atomic E-state index is 13.2. The number of nitrogens with zero attached hydrogens (tertiary/aromatic N) is 3. The lowest BCUT2D eigenvalue weighted by Gasteiger charge is -2.11. The smallest absolute Gasteiger partial charge is 0.280 e. The van der Waals surface area contributed by atoms with Crippen LogP contribution in [0.15, 0.2) is 64.0 Å². The van der Waals surface area contributed by atoms with E-state index in [2.05, 4.69) is 10.2 Å². The van der Waals surface area contributed by atoms with E-state index in [0.29, 0.717) is 38.9 Å². The summed E-state index contributed by atoms with van der Waals surface area (Å²) < 4.78 is 14.5. The van der Waals surface area contributed by atoms with E-state index in [0.717, 1.165) is 0 Å². The normalized spacial score (nSPS) is 15.3. The van der Waals surface area contributed by atoms with Crippen LogP contribution in [0.5, 0.6) is 0 Å². The quantitative estimate of drug-likeness (QED) is 0.661. The first-order valence-electron chi connectivity index (χ1n) is 8.80. The Morgan fingerprint density at radius 3 is 2.48 bits per heavy atom. The van der Waals surface area contributed by atoms with E-state index >= 15 is 0 Å². The Labute approximate surface area is 170 Å². The molecule has 0 bridgehead atoms. The van der Waals surface area contributed by atoms with Crippen molar-refractivity contribution in [1.29, 1.82) is 0 Å². The molecule has 0 aliphatic carbocycles. The summed E-state index contributed by atoms with van der Waals surface area (Å²) in [6.45, 7) is 3.43. The van der Waals surface area contributed by atoms with Crippen LogP contribution < -0.4 is 10.6 Å². The third-order valence-corrected chi connectivity index (χ3v) is 4.84. The van der Waals surface area contributed by atoms with Crippen molar-refractivity contribution in [3.63, 3.8) is 0 Å². The van der Waals surface area contributed by atoms with Gasteiger partial charge in [0.15, 0.2) is 0 Å². The first kappa shape index (κ1) is 18.9. The number of anilines is 1. The number of hydrogen-bond acceptors (Lipinski definition) is 3. The van der Waals surface area contributed by atoms with Gasteiger partial charge in [0.1, 0.15) is 5.82 Å². The molecule has 1 aliphatic heterocycles. The van der Waals surface area contributed by atoms with Crippen LogP contribution in [0.4, 0.5) is 10.1 Å². The van der Waals surface area contributed by atoms with Crippen LogP contribution in [-0.2, 0) is 4.79 Å². The molecular formula is C21H16ClFN4O2. The molecule has 1 amide bonds. The summed E-state index contributed by atoms with van der Waals surface area (Å²) in [5.74, 6) is -0.741. The predicted molar refractivity (Wildman–Crippen MR) is 111 cm³/mol. The van der Waals surface area contributed by atoms with Crippen LogP contribution in [0.2, 0.25) is 5.02 Å². The van der Waals surface area contributed by atoms with Gasteiger partial charge in [-0.05, 0) is 62.4 Å². The number of carbonyl (C=O) groups excluding carboxylic acids is 1. The Hall–Kier alpha value is -3.45. The van der Waals surface area contributed by atoms with Crippen molar-refractivity contribution in [2.75, 3.05) is 5.01 Å². The molecule has 29 heavy (non-hydrogen) atoms. The Bertz CT molecular complexity index is 1240. The van der Waals surface area contributed by atoms with E-state index in [1.807, 2.05) is 0 Å². The van der Waals surface area contributed by atoms with Crippen LogP contribution in [-0.4, -0.2) is 21.4 Å². The van der Waals surface area contributed by atoms with E-state index < -0.39 is 5.82 Å². The van der Waals surface area contributed by atoms with Gasteiger partial charge in [0.05, 0.1) is 28.2 Å². The lowest BCUT2D eigenvalue weighted by atomic mass is 10.1. The Morgan fingerprint density at radius 2 is 1.79 bits per heavy atom. The second kappa shape index (κ2) is 7.18. The number of hydrogen-bond donors (Lipinski definition) is 1. The van der Waals surface area contributed by atoms with E-state index in [9.17, 15) is 14.0 Å². The number of amides is 1. The zero-order valence-electron chi connectivity index (χ0n) is 15.6. The number of rotatable bonds is 3. The van der Waals surface area contributed by atoms with Gasteiger partial charge in [0.25, 0.3) is 11.5 Å². The fraction of sp³-hybridized carbons (Fsp3) is 0.0952. The average molecular weight is 411 g/mol. The number of aryl methyl sites for hydroxylation is 1. The standard InChI is InChI=1S/C21H16ClFN4O2/c1-12-18(20(28)26(24-12)16-8-6-15(23)7-9-16)11-19-13(2)25-27(21(19)29)17-5-3-4-14(22)10-17/h3-11,24H,1-2H3/b19-11+. The average Bonchev–Trinajstić information content (AvgIpc) is 3.13. The highest BCUT2D eigenvalue weighted by atomic mass is 35.5. The summed E-state index contributed by atoms with van der Waals surface area (Å²) in [5, 5.41) is 9.01. The highest BCUT2D eigenvalue weighted by Gasteiger charge is 2.29. The van der Waals surface area contributed by atoms with E-state index in [4.69, 9.17) is 11.6 Å². The number of benzene rings is 2. The fourth-order valence-corrected chi connectivity index (χ4v) is 3.30.